The summed E-state index contributed by atoms with van der Waals surface area (Å²) >= 11 is 0. The van der Waals surface area contributed by atoms with Gasteiger partial charge in [-0.25, -0.2) is 4.79 Å². The highest BCUT2D eigenvalue weighted by Gasteiger charge is 2.19. The molecule has 6 heteroatoms. The third kappa shape index (κ3) is 2.38. The molecule has 4 rings (SSSR count). The largest absolute Gasteiger partial charge is 0.378 e. The number of hydrogen-bond donors (Lipinski definition) is 0. The molecule has 2 aromatic carbocycles. The molecule has 2 aromatic rings. The van der Waals surface area contributed by atoms with Gasteiger partial charge in [-0.15, -0.1) is 0 Å². The molecule has 0 unspecified atom stereocenters. The lowest BCUT2D eigenvalue weighted by molar-refractivity contribution is 0.766. The van der Waals surface area contributed by atoms with Crippen LogP contribution in [0.25, 0.3) is 28.0 Å². The van der Waals surface area contributed by atoms with Crippen molar-refractivity contribution in [3.8, 4) is 17.1 Å². The van der Waals surface area contributed by atoms with Gasteiger partial charge < -0.3 is 4.90 Å². The Hall–Kier alpha value is -3.41. The monoisotopic (exact) mass is 346 g/mol. The summed E-state index contributed by atoms with van der Waals surface area (Å²) in [6.45, 7) is 0. The highest BCUT2D eigenvalue weighted by Crippen LogP contribution is 2.30. The Labute approximate surface area is 149 Å². The van der Waals surface area contributed by atoms with Crippen LogP contribution in [0.2, 0.25) is 0 Å². The topological polar surface area (TPSA) is 60.1 Å². The maximum atomic E-state index is 12.7. The highest BCUT2D eigenvalue weighted by molar-refractivity contribution is 5.89. The Morgan fingerprint density at radius 2 is 1.69 bits per heavy atom. The van der Waals surface area contributed by atoms with E-state index in [0.717, 1.165) is 26.8 Å². The van der Waals surface area contributed by atoms with Crippen molar-refractivity contribution in [3.63, 3.8) is 0 Å². The number of aromatic nitrogens is 3. The summed E-state index contributed by atoms with van der Waals surface area (Å²) in [6, 6.07) is 17.5. The van der Waals surface area contributed by atoms with Crippen LogP contribution < -0.4 is 16.1 Å². The third-order valence-electron chi connectivity index (χ3n) is 4.56. The average molecular weight is 346 g/mol. The fourth-order valence-corrected chi connectivity index (χ4v) is 3.12. The summed E-state index contributed by atoms with van der Waals surface area (Å²) in [5.74, 6) is 0.368. The summed E-state index contributed by atoms with van der Waals surface area (Å²) in [5, 5.41) is 0.907. The fraction of sp³-hybridized carbons (Fsp3) is 0.150. The summed E-state index contributed by atoms with van der Waals surface area (Å²) in [6.07, 6.45) is 0. The molecule has 0 N–H and O–H groups in total. The molecule has 6 nitrogen and oxygen atoms in total. The van der Waals surface area contributed by atoms with E-state index < -0.39 is 5.69 Å². The molecule has 0 amide bonds. The fourth-order valence-electron chi connectivity index (χ4n) is 3.12. The molecule has 0 fully saturated rings. The van der Waals surface area contributed by atoms with E-state index in [-0.39, 0.29) is 5.56 Å². The van der Waals surface area contributed by atoms with Crippen molar-refractivity contribution in [1.82, 2.24) is 14.1 Å². The lowest BCUT2D eigenvalue weighted by Crippen LogP contribution is -2.35. The van der Waals surface area contributed by atoms with E-state index in [1.54, 1.807) is 6.07 Å². The Kier molecular flexibility index (Phi) is 3.61. The number of pyridine rings is 1. The van der Waals surface area contributed by atoms with Crippen molar-refractivity contribution in [2.75, 3.05) is 19.0 Å². The number of para-hydroxylation sites is 1. The van der Waals surface area contributed by atoms with Crippen LogP contribution in [0.15, 0.2) is 64.2 Å². The van der Waals surface area contributed by atoms with Gasteiger partial charge in [-0.3, -0.25) is 13.9 Å². The van der Waals surface area contributed by atoms with Gasteiger partial charge in [0.2, 0.25) is 0 Å². The third-order valence-corrected chi connectivity index (χ3v) is 4.56. The van der Waals surface area contributed by atoms with Gasteiger partial charge in [0.1, 0.15) is 0 Å². The van der Waals surface area contributed by atoms with E-state index >= 15 is 0 Å². The van der Waals surface area contributed by atoms with E-state index in [2.05, 4.69) is 4.98 Å². The molecule has 0 spiro atoms. The van der Waals surface area contributed by atoms with Gasteiger partial charge >= 0.3 is 5.69 Å². The first-order valence-electron chi connectivity index (χ1n) is 8.26. The van der Waals surface area contributed by atoms with Crippen molar-refractivity contribution < 1.29 is 0 Å². The lowest BCUT2D eigenvalue weighted by atomic mass is 10.1. The molecule has 0 aliphatic carbocycles. The second-order valence-electron chi connectivity index (χ2n) is 6.45. The molecule has 0 radical (unpaired) electrons. The predicted molar refractivity (Wildman–Crippen MR) is 104 cm³/mol. The zero-order valence-corrected chi connectivity index (χ0v) is 14.8. The van der Waals surface area contributed by atoms with E-state index in [1.807, 2.05) is 72.1 Å². The van der Waals surface area contributed by atoms with Gasteiger partial charge in [0.25, 0.3) is 5.56 Å². The van der Waals surface area contributed by atoms with Crippen LogP contribution in [0.3, 0.4) is 0 Å². The number of anilines is 1. The Morgan fingerprint density at radius 1 is 0.962 bits per heavy atom. The van der Waals surface area contributed by atoms with Crippen molar-refractivity contribution >= 4 is 16.6 Å². The minimum absolute atomic E-state index is 0.344. The molecule has 130 valence electrons. The number of rotatable bonds is 2. The van der Waals surface area contributed by atoms with E-state index in [1.165, 1.54) is 7.05 Å². The second kappa shape index (κ2) is 5.84. The zero-order valence-electron chi connectivity index (χ0n) is 14.8. The molecule has 0 saturated carbocycles. The molecule has 2 heterocycles. The molecule has 0 bridgehead atoms. The molecule has 0 saturated heterocycles. The molecular formula is C20H18N4O2. The van der Waals surface area contributed by atoms with Crippen molar-refractivity contribution in [2.45, 2.75) is 0 Å². The van der Waals surface area contributed by atoms with Gasteiger partial charge in [-0.2, -0.15) is 4.98 Å². The number of fused-ring (bicyclic) bond motifs is 2. The number of nitrogens with zero attached hydrogens (tertiary/aromatic N) is 4. The molecule has 2 aliphatic rings. The first-order chi connectivity index (χ1) is 12.5. The minimum Gasteiger partial charge on any atom is -0.378 e. The lowest BCUT2D eigenvalue weighted by Gasteiger charge is -2.20. The maximum Gasteiger partial charge on any atom is 0.352 e. The SMILES string of the molecule is CN(C)c1ccc2cc3c(=O)n(C)c(=O)nc-3n(-c3ccccc3)c2c1. The summed E-state index contributed by atoms with van der Waals surface area (Å²) in [4.78, 5) is 31.0. The van der Waals surface area contributed by atoms with Crippen LogP contribution in [-0.4, -0.2) is 28.2 Å². The maximum absolute atomic E-state index is 12.7. The van der Waals surface area contributed by atoms with Crippen molar-refractivity contribution in [2.24, 2.45) is 7.05 Å². The van der Waals surface area contributed by atoms with Crippen LogP contribution in [0.4, 0.5) is 5.69 Å². The van der Waals surface area contributed by atoms with Crippen LogP contribution in [-0.2, 0) is 7.05 Å². The second-order valence-corrected chi connectivity index (χ2v) is 6.45. The standard InChI is InChI=1S/C20H18N4O2/c1-22(2)15-10-9-13-11-16-18(21-20(26)23(3)19(16)25)24(17(13)12-15)14-7-5-4-6-8-14/h4-12H,1-3H3. The molecule has 0 atom stereocenters. The van der Waals surface area contributed by atoms with Crippen LogP contribution in [0.1, 0.15) is 0 Å². The number of hydrogen-bond acceptors (Lipinski definition) is 4. The predicted octanol–water partition coefficient (Wildman–Crippen LogP) is 2.26. The molecule has 2 aliphatic heterocycles. The normalized spacial score (nSPS) is 11.2. The van der Waals surface area contributed by atoms with Gasteiger partial charge in [-0.1, -0.05) is 24.3 Å². The van der Waals surface area contributed by atoms with Crippen LogP contribution in [0.5, 0.6) is 0 Å². The summed E-state index contributed by atoms with van der Waals surface area (Å²) in [5.41, 5.74) is 2.27. The van der Waals surface area contributed by atoms with Crippen molar-refractivity contribution in [1.29, 1.82) is 0 Å². The first kappa shape index (κ1) is 16.1. The van der Waals surface area contributed by atoms with E-state index in [4.69, 9.17) is 0 Å². The van der Waals surface area contributed by atoms with E-state index in [9.17, 15) is 9.59 Å². The molecular weight excluding hydrogens is 328 g/mol. The van der Waals surface area contributed by atoms with Gasteiger partial charge in [-0.05, 0) is 35.7 Å². The van der Waals surface area contributed by atoms with Gasteiger partial charge in [0, 0.05) is 32.5 Å². The quantitative estimate of drug-likeness (QED) is 0.523. The smallest absolute Gasteiger partial charge is 0.352 e. The Bertz CT molecular complexity index is 1210. The molecule has 0 aromatic heterocycles. The van der Waals surface area contributed by atoms with E-state index in [0.29, 0.717) is 11.4 Å². The number of benzene rings is 2. The van der Waals surface area contributed by atoms with Crippen molar-refractivity contribution in [3.05, 3.63) is 75.4 Å². The highest BCUT2D eigenvalue weighted by atomic mass is 16.2. The van der Waals surface area contributed by atoms with Crippen LogP contribution >= 0.6 is 0 Å². The zero-order chi connectivity index (χ0) is 18.4. The minimum atomic E-state index is -0.560. The van der Waals surface area contributed by atoms with Gasteiger partial charge in [0.05, 0.1) is 11.1 Å². The average Bonchev–Trinajstić information content (AvgIpc) is 2.65. The Balaban J connectivity index is 2.25. The summed E-state index contributed by atoms with van der Waals surface area (Å²) in [7, 11) is 5.39. The van der Waals surface area contributed by atoms with Crippen LogP contribution in [0, 0.1) is 0 Å². The Morgan fingerprint density at radius 3 is 2.38 bits per heavy atom. The van der Waals surface area contributed by atoms with Gasteiger partial charge in [0.15, 0.2) is 5.82 Å². The summed E-state index contributed by atoms with van der Waals surface area (Å²) < 4.78 is 2.91. The first-order valence-corrected chi connectivity index (χ1v) is 8.26. The molecule has 26 heavy (non-hydrogen) atoms.